The Labute approximate surface area is 166 Å². The number of aromatic amines is 1. The summed E-state index contributed by atoms with van der Waals surface area (Å²) in [6.07, 6.45) is 2.47. The first-order chi connectivity index (χ1) is 13.7. The van der Waals surface area contributed by atoms with Gasteiger partial charge in [-0.1, -0.05) is 12.1 Å². The molecule has 0 aliphatic heterocycles. The number of benzene rings is 1. The smallest absolute Gasteiger partial charge is 0.271 e. The largest absolute Gasteiger partial charge is 0.345 e. The maximum absolute atomic E-state index is 12.2. The second-order valence-electron chi connectivity index (χ2n) is 6.38. The van der Waals surface area contributed by atoms with Crippen LogP contribution in [0.2, 0.25) is 0 Å². The quantitative estimate of drug-likeness (QED) is 0.396. The Morgan fingerprint density at radius 2 is 2.11 bits per heavy atom. The van der Waals surface area contributed by atoms with Crippen LogP contribution in [-0.4, -0.2) is 37.2 Å². The Hall–Kier alpha value is -3.04. The number of aryl methyl sites for hydroxylation is 1. The van der Waals surface area contributed by atoms with E-state index in [0.717, 1.165) is 40.5 Å². The van der Waals surface area contributed by atoms with Gasteiger partial charge in [0.15, 0.2) is 0 Å². The molecule has 3 heterocycles. The lowest BCUT2D eigenvalue weighted by Crippen LogP contribution is -2.24. The molecule has 1 amide bonds. The average molecular weight is 395 g/mol. The first-order valence-electron chi connectivity index (χ1n) is 9.03. The molecule has 0 fully saturated rings. The fourth-order valence-corrected chi connectivity index (χ4v) is 3.64. The van der Waals surface area contributed by atoms with Gasteiger partial charge in [0.25, 0.3) is 5.91 Å². The maximum Gasteiger partial charge on any atom is 0.271 e. The van der Waals surface area contributed by atoms with Crippen molar-refractivity contribution in [1.82, 2.24) is 35.4 Å². The highest BCUT2D eigenvalue weighted by Crippen LogP contribution is 2.12. The van der Waals surface area contributed by atoms with Crippen molar-refractivity contribution in [3.8, 4) is 0 Å². The van der Waals surface area contributed by atoms with Gasteiger partial charge < -0.3 is 15.6 Å². The standard InChI is InChI=1S/C19H21N7OS/c1-26-13(6-9-22-26)10-21-19(27)16-12-28-18(25-16)7-8-20-11-17-23-14-4-2-3-5-15(14)24-17/h2-6,9,12,20H,7-8,10-11H2,1H3,(H,21,27)(H,23,24). The molecule has 0 spiro atoms. The van der Waals surface area contributed by atoms with Gasteiger partial charge >= 0.3 is 0 Å². The summed E-state index contributed by atoms with van der Waals surface area (Å²) in [4.78, 5) is 24.5. The van der Waals surface area contributed by atoms with Crippen molar-refractivity contribution < 1.29 is 4.79 Å². The number of fused-ring (bicyclic) bond motifs is 1. The van der Waals surface area contributed by atoms with E-state index >= 15 is 0 Å². The zero-order valence-corrected chi connectivity index (χ0v) is 16.3. The van der Waals surface area contributed by atoms with E-state index in [1.165, 1.54) is 11.3 Å². The summed E-state index contributed by atoms with van der Waals surface area (Å²) in [6, 6.07) is 9.85. The van der Waals surface area contributed by atoms with Crippen LogP contribution in [0.3, 0.4) is 0 Å². The Kier molecular flexibility index (Phi) is 5.45. The first kappa shape index (κ1) is 18.3. The molecule has 4 aromatic rings. The Morgan fingerprint density at radius 1 is 1.21 bits per heavy atom. The SMILES string of the molecule is Cn1nccc1CNC(=O)c1csc(CCNCc2nc3ccccc3[nH]2)n1. The van der Waals surface area contributed by atoms with Gasteiger partial charge in [-0.3, -0.25) is 9.48 Å². The van der Waals surface area contributed by atoms with Gasteiger partial charge in [-0.2, -0.15) is 5.10 Å². The summed E-state index contributed by atoms with van der Waals surface area (Å²) in [6.45, 7) is 1.86. The van der Waals surface area contributed by atoms with Crippen molar-refractivity contribution in [2.24, 2.45) is 7.05 Å². The molecule has 0 radical (unpaired) electrons. The normalized spacial score (nSPS) is 11.2. The van der Waals surface area contributed by atoms with Gasteiger partial charge in [0.2, 0.25) is 0 Å². The Balaban J connectivity index is 1.23. The minimum Gasteiger partial charge on any atom is -0.345 e. The molecule has 0 bridgehead atoms. The van der Waals surface area contributed by atoms with E-state index in [0.29, 0.717) is 18.8 Å². The van der Waals surface area contributed by atoms with Crippen molar-refractivity contribution >= 4 is 28.3 Å². The van der Waals surface area contributed by atoms with Gasteiger partial charge in [0.05, 0.1) is 34.8 Å². The molecule has 0 aliphatic carbocycles. The van der Waals surface area contributed by atoms with Gasteiger partial charge in [0, 0.05) is 31.6 Å². The van der Waals surface area contributed by atoms with Gasteiger partial charge in [-0.05, 0) is 18.2 Å². The van der Waals surface area contributed by atoms with Crippen LogP contribution in [0.4, 0.5) is 0 Å². The fourth-order valence-electron chi connectivity index (χ4n) is 2.86. The minimum absolute atomic E-state index is 0.168. The van der Waals surface area contributed by atoms with Crippen molar-refractivity contribution in [2.45, 2.75) is 19.5 Å². The molecule has 28 heavy (non-hydrogen) atoms. The third kappa shape index (κ3) is 4.26. The molecule has 8 nitrogen and oxygen atoms in total. The number of imidazole rings is 1. The number of thiazole rings is 1. The lowest BCUT2D eigenvalue weighted by molar-refractivity contribution is 0.0945. The summed E-state index contributed by atoms with van der Waals surface area (Å²) in [7, 11) is 1.85. The van der Waals surface area contributed by atoms with E-state index in [-0.39, 0.29) is 5.91 Å². The van der Waals surface area contributed by atoms with Crippen LogP contribution in [0, 0.1) is 0 Å². The van der Waals surface area contributed by atoms with E-state index < -0.39 is 0 Å². The van der Waals surface area contributed by atoms with Crippen LogP contribution in [0.25, 0.3) is 11.0 Å². The third-order valence-corrected chi connectivity index (χ3v) is 5.29. The molecule has 0 saturated heterocycles. The van der Waals surface area contributed by atoms with Crippen molar-refractivity contribution in [3.05, 3.63) is 64.1 Å². The number of aromatic nitrogens is 5. The number of rotatable bonds is 8. The molecule has 0 saturated carbocycles. The monoisotopic (exact) mass is 395 g/mol. The number of carbonyl (C=O) groups is 1. The molecule has 0 unspecified atom stereocenters. The molecule has 3 N–H and O–H groups in total. The van der Waals surface area contributed by atoms with E-state index in [4.69, 9.17) is 0 Å². The summed E-state index contributed by atoms with van der Waals surface area (Å²) in [5.74, 6) is 0.745. The predicted octanol–water partition coefficient (Wildman–Crippen LogP) is 2.02. The van der Waals surface area contributed by atoms with Crippen LogP contribution in [0.1, 0.15) is 27.0 Å². The first-order valence-corrected chi connectivity index (χ1v) is 9.91. The Bertz CT molecular complexity index is 1050. The highest BCUT2D eigenvalue weighted by atomic mass is 32.1. The average Bonchev–Trinajstić information content (AvgIpc) is 3.42. The molecule has 9 heteroatoms. The van der Waals surface area contributed by atoms with Crippen LogP contribution >= 0.6 is 11.3 Å². The molecule has 4 rings (SSSR count). The summed E-state index contributed by atoms with van der Waals surface area (Å²) >= 11 is 1.50. The molecule has 3 aromatic heterocycles. The third-order valence-electron chi connectivity index (χ3n) is 4.38. The van der Waals surface area contributed by atoms with E-state index in [1.54, 1.807) is 16.3 Å². The molecular formula is C19H21N7OS. The number of amides is 1. The second-order valence-corrected chi connectivity index (χ2v) is 7.33. The minimum atomic E-state index is -0.168. The van der Waals surface area contributed by atoms with E-state index in [2.05, 4.69) is 30.7 Å². The van der Waals surface area contributed by atoms with Crippen molar-refractivity contribution in [3.63, 3.8) is 0 Å². The fraction of sp³-hybridized carbons (Fsp3) is 0.263. The number of carbonyl (C=O) groups excluding carboxylic acids is 1. The van der Waals surface area contributed by atoms with Crippen LogP contribution < -0.4 is 10.6 Å². The number of hydrogen-bond acceptors (Lipinski definition) is 6. The van der Waals surface area contributed by atoms with Crippen LogP contribution in [-0.2, 0) is 26.6 Å². The van der Waals surface area contributed by atoms with Crippen molar-refractivity contribution in [1.29, 1.82) is 0 Å². The number of nitrogens with one attached hydrogen (secondary N) is 3. The van der Waals surface area contributed by atoms with Gasteiger partial charge in [0.1, 0.15) is 11.5 Å². The van der Waals surface area contributed by atoms with E-state index in [1.807, 2.05) is 37.4 Å². The zero-order chi connectivity index (χ0) is 19.3. The topological polar surface area (TPSA) is 101 Å². The van der Waals surface area contributed by atoms with Crippen molar-refractivity contribution in [2.75, 3.05) is 6.54 Å². The van der Waals surface area contributed by atoms with Gasteiger partial charge in [-0.25, -0.2) is 9.97 Å². The summed E-state index contributed by atoms with van der Waals surface area (Å²) in [5, 5.41) is 13.1. The molecular weight excluding hydrogens is 374 g/mol. The van der Waals surface area contributed by atoms with E-state index in [9.17, 15) is 4.79 Å². The summed E-state index contributed by atoms with van der Waals surface area (Å²) < 4.78 is 1.74. The Morgan fingerprint density at radius 3 is 2.93 bits per heavy atom. The molecule has 1 aromatic carbocycles. The van der Waals surface area contributed by atoms with Crippen LogP contribution in [0.5, 0.6) is 0 Å². The lowest BCUT2D eigenvalue weighted by Gasteiger charge is -2.03. The maximum atomic E-state index is 12.2. The molecule has 144 valence electrons. The van der Waals surface area contributed by atoms with Crippen LogP contribution in [0.15, 0.2) is 41.9 Å². The number of nitrogens with zero attached hydrogens (tertiary/aromatic N) is 4. The number of para-hydroxylation sites is 2. The second kappa shape index (κ2) is 8.32. The summed E-state index contributed by atoms with van der Waals surface area (Å²) in [5.41, 5.74) is 3.42. The molecule has 0 atom stereocenters. The number of H-pyrrole nitrogens is 1. The highest BCUT2D eigenvalue weighted by Gasteiger charge is 2.11. The lowest BCUT2D eigenvalue weighted by atomic mass is 10.3. The van der Waals surface area contributed by atoms with Gasteiger partial charge in [-0.15, -0.1) is 11.3 Å². The highest BCUT2D eigenvalue weighted by molar-refractivity contribution is 7.09. The number of hydrogen-bond donors (Lipinski definition) is 3. The zero-order valence-electron chi connectivity index (χ0n) is 15.5. The predicted molar refractivity (Wildman–Crippen MR) is 108 cm³/mol. The molecule has 0 aliphatic rings.